The highest BCUT2D eigenvalue weighted by atomic mass is 32.2. The average molecular weight is 306 g/mol. The van der Waals surface area contributed by atoms with Crippen molar-refractivity contribution in [3.05, 3.63) is 35.9 Å². The molecular formula is C16H22N2S2. The summed E-state index contributed by atoms with van der Waals surface area (Å²) < 4.78 is 1.06. The molecule has 0 atom stereocenters. The van der Waals surface area contributed by atoms with Crippen molar-refractivity contribution in [1.82, 2.24) is 9.80 Å². The fourth-order valence-electron chi connectivity index (χ4n) is 3.13. The van der Waals surface area contributed by atoms with Crippen LogP contribution in [0.25, 0.3) is 0 Å². The number of rotatable bonds is 3. The molecule has 1 saturated heterocycles. The lowest BCUT2D eigenvalue weighted by Gasteiger charge is -2.42. The highest BCUT2D eigenvalue weighted by molar-refractivity contribution is 8.22. The van der Waals surface area contributed by atoms with Crippen LogP contribution in [0.1, 0.15) is 37.7 Å². The minimum atomic E-state index is 0.776. The standard InChI is InChI=1S/C16H22N2S2/c19-16-17(11-14-7-3-1-4-8-14)12-18(13-20-16)15-9-5-2-6-10-15/h1,3-4,7-8,15H,2,5-6,9-13H2. The quantitative estimate of drug-likeness (QED) is 0.776. The van der Waals surface area contributed by atoms with Gasteiger partial charge in [0.15, 0.2) is 0 Å². The number of hydrogen-bond donors (Lipinski definition) is 0. The van der Waals surface area contributed by atoms with Crippen molar-refractivity contribution in [1.29, 1.82) is 0 Å². The van der Waals surface area contributed by atoms with E-state index in [1.165, 1.54) is 37.7 Å². The molecule has 0 amide bonds. The summed E-state index contributed by atoms with van der Waals surface area (Å²) in [6.07, 6.45) is 6.95. The first kappa shape index (κ1) is 14.4. The van der Waals surface area contributed by atoms with Gasteiger partial charge in [-0.1, -0.05) is 73.6 Å². The Balaban J connectivity index is 1.62. The number of hydrogen-bond acceptors (Lipinski definition) is 3. The minimum Gasteiger partial charge on any atom is -0.340 e. The maximum atomic E-state index is 5.54. The summed E-state index contributed by atoms with van der Waals surface area (Å²) in [6.45, 7) is 1.95. The maximum Gasteiger partial charge on any atom is 0.138 e. The molecule has 1 saturated carbocycles. The third-order valence-corrected chi connectivity index (χ3v) is 5.85. The Kier molecular flexibility index (Phi) is 4.97. The Bertz CT molecular complexity index is 443. The van der Waals surface area contributed by atoms with Crippen LogP contribution in [0, 0.1) is 0 Å². The smallest absolute Gasteiger partial charge is 0.138 e. The Morgan fingerprint density at radius 1 is 1.10 bits per heavy atom. The van der Waals surface area contributed by atoms with Gasteiger partial charge in [-0.25, -0.2) is 0 Å². The molecule has 20 heavy (non-hydrogen) atoms. The van der Waals surface area contributed by atoms with E-state index >= 15 is 0 Å². The van der Waals surface area contributed by atoms with Crippen LogP contribution >= 0.6 is 24.0 Å². The van der Waals surface area contributed by atoms with Crippen LogP contribution in [-0.4, -0.2) is 32.7 Å². The predicted molar refractivity (Wildman–Crippen MR) is 90.6 cm³/mol. The third kappa shape index (κ3) is 3.54. The van der Waals surface area contributed by atoms with Crippen molar-refractivity contribution in [2.45, 2.75) is 44.7 Å². The van der Waals surface area contributed by atoms with E-state index in [4.69, 9.17) is 12.2 Å². The van der Waals surface area contributed by atoms with Crippen molar-refractivity contribution < 1.29 is 0 Å². The van der Waals surface area contributed by atoms with E-state index in [1.54, 1.807) is 0 Å². The van der Waals surface area contributed by atoms with Gasteiger partial charge in [0.1, 0.15) is 4.32 Å². The number of thiocarbonyl (C=S) groups is 1. The lowest BCUT2D eigenvalue weighted by Crippen LogP contribution is -2.49. The van der Waals surface area contributed by atoms with Crippen LogP contribution in [0.2, 0.25) is 0 Å². The van der Waals surface area contributed by atoms with Gasteiger partial charge in [-0.3, -0.25) is 4.90 Å². The molecule has 1 aromatic rings. The van der Waals surface area contributed by atoms with Gasteiger partial charge in [0.05, 0.1) is 12.5 Å². The second-order valence-electron chi connectivity index (χ2n) is 5.74. The second-order valence-corrected chi connectivity index (χ2v) is 7.32. The first-order valence-electron chi connectivity index (χ1n) is 7.52. The zero-order chi connectivity index (χ0) is 13.8. The van der Waals surface area contributed by atoms with E-state index in [1.807, 2.05) is 11.8 Å². The predicted octanol–water partition coefficient (Wildman–Crippen LogP) is 4.07. The van der Waals surface area contributed by atoms with E-state index in [0.717, 1.165) is 29.5 Å². The van der Waals surface area contributed by atoms with Gasteiger partial charge in [0, 0.05) is 12.6 Å². The van der Waals surface area contributed by atoms with E-state index < -0.39 is 0 Å². The van der Waals surface area contributed by atoms with Crippen molar-refractivity contribution >= 4 is 28.3 Å². The SMILES string of the molecule is S=C1SCN(C2CCCCC2)CN1Cc1ccccc1. The van der Waals surface area contributed by atoms with Crippen LogP contribution in [0.5, 0.6) is 0 Å². The molecule has 2 fully saturated rings. The summed E-state index contributed by atoms with van der Waals surface area (Å²) in [7, 11) is 0. The topological polar surface area (TPSA) is 6.48 Å². The van der Waals surface area contributed by atoms with Crippen LogP contribution in [-0.2, 0) is 6.54 Å². The van der Waals surface area contributed by atoms with Gasteiger partial charge in [0.25, 0.3) is 0 Å². The third-order valence-electron chi connectivity index (χ3n) is 4.27. The molecule has 1 aromatic carbocycles. The number of benzene rings is 1. The molecule has 3 rings (SSSR count). The first-order chi connectivity index (χ1) is 9.83. The summed E-state index contributed by atoms with van der Waals surface area (Å²) in [5.74, 6) is 1.08. The van der Waals surface area contributed by atoms with E-state index in [9.17, 15) is 0 Å². The van der Waals surface area contributed by atoms with Crippen molar-refractivity contribution in [3.63, 3.8) is 0 Å². The second kappa shape index (κ2) is 6.92. The van der Waals surface area contributed by atoms with E-state index in [0.29, 0.717) is 0 Å². The van der Waals surface area contributed by atoms with Crippen LogP contribution in [0.15, 0.2) is 30.3 Å². The zero-order valence-electron chi connectivity index (χ0n) is 11.8. The molecule has 0 spiro atoms. The highest BCUT2D eigenvalue weighted by Crippen LogP contribution is 2.28. The minimum absolute atomic E-state index is 0.776. The summed E-state index contributed by atoms with van der Waals surface area (Å²) in [4.78, 5) is 4.98. The Morgan fingerprint density at radius 3 is 2.60 bits per heavy atom. The molecule has 108 valence electrons. The van der Waals surface area contributed by atoms with Gasteiger partial charge < -0.3 is 4.90 Å². The average Bonchev–Trinajstić information content (AvgIpc) is 2.51. The zero-order valence-corrected chi connectivity index (χ0v) is 13.5. The number of thioether (sulfide) groups is 1. The van der Waals surface area contributed by atoms with Crippen molar-refractivity contribution in [2.24, 2.45) is 0 Å². The molecule has 2 aliphatic rings. The first-order valence-corrected chi connectivity index (χ1v) is 8.92. The Labute approximate surface area is 131 Å². The normalized spacial score (nSPS) is 22.2. The van der Waals surface area contributed by atoms with E-state index in [2.05, 4.69) is 40.1 Å². The summed E-state index contributed by atoms with van der Waals surface area (Å²) >= 11 is 7.37. The molecule has 1 heterocycles. The monoisotopic (exact) mass is 306 g/mol. The maximum absolute atomic E-state index is 5.54. The molecule has 0 aromatic heterocycles. The Hall–Kier alpha value is -0.580. The van der Waals surface area contributed by atoms with Gasteiger partial charge in [0.2, 0.25) is 0 Å². The molecule has 4 heteroatoms. The molecule has 0 bridgehead atoms. The molecule has 0 N–H and O–H groups in total. The molecule has 1 aliphatic heterocycles. The summed E-state index contributed by atoms with van der Waals surface area (Å²) in [5.41, 5.74) is 1.35. The fourth-order valence-corrected chi connectivity index (χ4v) is 4.29. The lowest BCUT2D eigenvalue weighted by atomic mass is 9.95. The van der Waals surface area contributed by atoms with Gasteiger partial charge >= 0.3 is 0 Å². The van der Waals surface area contributed by atoms with Crippen LogP contribution < -0.4 is 0 Å². The molecule has 1 aliphatic carbocycles. The summed E-state index contributed by atoms with van der Waals surface area (Å²) in [6, 6.07) is 11.4. The van der Waals surface area contributed by atoms with Crippen molar-refractivity contribution in [3.8, 4) is 0 Å². The van der Waals surface area contributed by atoms with Gasteiger partial charge in [-0.15, -0.1) is 0 Å². The molecule has 0 radical (unpaired) electrons. The number of nitrogens with zero attached hydrogens (tertiary/aromatic N) is 2. The lowest BCUT2D eigenvalue weighted by molar-refractivity contribution is 0.125. The van der Waals surface area contributed by atoms with Crippen LogP contribution in [0.3, 0.4) is 0 Å². The Morgan fingerprint density at radius 2 is 1.85 bits per heavy atom. The van der Waals surface area contributed by atoms with Crippen LogP contribution in [0.4, 0.5) is 0 Å². The highest BCUT2D eigenvalue weighted by Gasteiger charge is 2.28. The fraction of sp³-hybridized carbons (Fsp3) is 0.562. The molecular weight excluding hydrogens is 284 g/mol. The van der Waals surface area contributed by atoms with Gasteiger partial charge in [-0.05, 0) is 18.4 Å². The largest absolute Gasteiger partial charge is 0.340 e. The molecule has 0 unspecified atom stereocenters. The van der Waals surface area contributed by atoms with Gasteiger partial charge in [-0.2, -0.15) is 0 Å². The van der Waals surface area contributed by atoms with Crippen molar-refractivity contribution in [2.75, 3.05) is 12.5 Å². The van der Waals surface area contributed by atoms with E-state index in [-0.39, 0.29) is 0 Å². The molecule has 2 nitrogen and oxygen atoms in total. The summed E-state index contributed by atoms with van der Waals surface area (Å²) in [5, 5.41) is 0.